The molecule has 50 valence electrons. The van der Waals surface area contributed by atoms with Crippen LogP contribution in [0.15, 0.2) is 6.07 Å². The van der Waals surface area contributed by atoms with E-state index in [2.05, 4.69) is 0 Å². The fourth-order valence-electron chi connectivity index (χ4n) is 0.549. The molecule has 0 radical (unpaired) electrons. The molecule has 0 amide bonds. The summed E-state index contributed by atoms with van der Waals surface area (Å²) in [6.07, 6.45) is 0.634. The third kappa shape index (κ3) is 1.18. The van der Waals surface area contributed by atoms with Gasteiger partial charge in [-0.15, -0.1) is 11.3 Å². The van der Waals surface area contributed by atoms with E-state index in [1.807, 2.05) is 6.07 Å². The molecular formula is C6H2ClNOS. The van der Waals surface area contributed by atoms with Gasteiger partial charge in [-0.2, -0.15) is 5.26 Å². The Kier molecular flexibility index (Phi) is 2.05. The van der Waals surface area contributed by atoms with Gasteiger partial charge in [0.05, 0.1) is 14.8 Å². The van der Waals surface area contributed by atoms with Crippen LogP contribution in [-0.4, -0.2) is 6.29 Å². The number of rotatable bonds is 1. The average molecular weight is 172 g/mol. The van der Waals surface area contributed by atoms with Gasteiger partial charge in [-0.25, -0.2) is 0 Å². The second kappa shape index (κ2) is 2.82. The molecule has 0 spiro atoms. The number of hydrogen-bond acceptors (Lipinski definition) is 3. The molecule has 0 bridgehead atoms. The summed E-state index contributed by atoms with van der Waals surface area (Å²) in [6, 6.07) is 3.34. The van der Waals surface area contributed by atoms with Crippen molar-refractivity contribution in [3.05, 3.63) is 20.8 Å². The van der Waals surface area contributed by atoms with Crippen molar-refractivity contribution in [2.24, 2.45) is 0 Å². The Morgan fingerprint density at radius 1 is 1.80 bits per heavy atom. The van der Waals surface area contributed by atoms with E-state index >= 15 is 0 Å². The van der Waals surface area contributed by atoms with Crippen molar-refractivity contribution in [3.63, 3.8) is 0 Å². The van der Waals surface area contributed by atoms with E-state index in [9.17, 15) is 4.79 Å². The van der Waals surface area contributed by atoms with Gasteiger partial charge in [-0.05, 0) is 6.07 Å². The SMILES string of the molecule is N#Cc1cc(Cl)sc1C=O. The monoisotopic (exact) mass is 171 g/mol. The smallest absolute Gasteiger partial charge is 0.161 e. The summed E-state index contributed by atoms with van der Waals surface area (Å²) in [5.41, 5.74) is 0.352. The standard InChI is InChI=1S/C6H2ClNOS/c7-6-1-4(2-8)5(3-9)10-6/h1,3H. The molecule has 0 atom stereocenters. The highest BCUT2D eigenvalue weighted by molar-refractivity contribution is 7.17. The van der Waals surface area contributed by atoms with Crippen LogP contribution in [0.5, 0.6) is 0 Å². The molecule has 10 heavy (non-hydrogen) atoms. The van der Waals surface area contributed by atoms with Crippen molar-refractivity contribution in [2.45, 2.75) is 0 Å². The zero-order chi connectivity index (χ0) is 7.56. The molecule has 0 aliphatic carbocycles. The van der Waals surface area contributed by atoms with Gasteiger partial charge >= 0.3 is 0 Å². The average Bonchev–Trinajstić information content (AvgIpc) is 2.30. The Morgan fingerprint density at radius 2 is 2.50 bits per heavy atom. The molecule has 0 aliphatic heterocycles. The maximum Gasteiger partial charge on any atom is 0.161 e. The lowest BCUT2D eigenvalue weighted by molar-refractivity contribution is 0.112. The van der Waals surface area contributed by atoms with Crippen LogP contribution in [0.1, 0.15) is 15.2 Å². The fraction of sp³-hybridized carbons (Fsp3) is 0. The molecule has 0 N–H and O–H groups in total. The Bertz CT molecular complexity index is 299. The van der Waals surface area contributed by atoms with Crippen LogP contribution in [0.3, 0.4) is 0 Å². The van der Waals surface area contributed by atoms with Gasteiger partial charge in [0.1, 0.15) is 6.07 Å². The van der Waals surface area contributed by atoms with Gasteiger partial charge in [0.2, 0.25) is 0 Å². The number of nitriles is 1. The van der Waals surface area contributed by atoms with Crippen molar-refractivity contribution < 1.29 is 4.79 Å². The lowest BCUT2D eigenvalue weighted by Gasteiger charge is -1.75. The van der Waals surface area contributed by atoms with E-state index < -0.39 is 0 Å². The van der Waals surface area contributed by atoms with E-state index in [1.165, 1.54) is 6.07 Å². The third-order valence-electron chi connectivity index (χ3n) is 0.958. The van der Waals surface area contributed by atoms with E-state index in [-0.39, 0.29) is 0 Å². The van der Waals surface area contributed by atoms with Crippen molar-refractivity contribution in [1.29, 1.82) is 5.26 Å². The summed E-state index contributed by atoms with van der Waals surface area (Å²) < 4.78 is 0.471. The minimum atomic E-state index is 0.352. The maximum atomic E-state index is 10.2. The lowest BCUT2D eigenvalue weighted by atomic mass is 10.3. The van der Waals surface area contributed by atoms with E-state index in [0.717, 1.165) is 11.3 Å². The number of halogens is 1. The summed E-state index contributed by atoms with van der Waals surface area (Å²) in [6.45, 7) is 0. The second-order valence-corrected chi connectivity index (χ2v) is 3.27. The van der Waals surface area contributed by atoms with Gasteiger partial charge < -0.3 is 0 Å². The van der Waals surface area contributed by atoms with Crippen molar-refractivity contribution >= 4 is 29.2 Å². The first kappa shape index (κ1) is 7.26. The van der Waals surface area contributed by atoms with Crippen LogP contribution in [0, 0.1) is 11.3 Å². The molecule has 1 aromatic rings. The minimum absolute atomic E-state index is 0.352. The van der Waals surface area contributed by atoms with E-state index in [0.29, 0.717) is 21.1 Å². The Hall–Kier alpha value is -0.850. The first-order valence-corrected chi connectivity index (χ1v) is 3.62. The molecular weight excluding hydrogens is 170 g/mol. The maximum absolute atomic E-state index is 10.2. The molecule has 1 heterocycles. The molecule has 0 aliphatic rings. The van der Waals surface area contributed by atoms with E-state index in [1.54, 1.807) is 0 Å². The number of hydrogen-bond donors (Lipinski definition) is 0. The lowest BCUT2D eigenvalue weighted by Crippen LogP contribution is -1.74. The van der Waals surface area contributed by atoms with Gasteiger partial charge in [-0.3, -0.25) is 4.79 Å². The van der Waals surface area contributed by atoms with Crippen molar-refractivity contribution in [2.75, 3.05) is 0 Å². The first-order valence-electron chi connectivity index (χ1n) is 2.42. The molecule has 4 heteroatoms. The Balaban J connectivity index is 3.24. The number of carbonyl (C=O) groups is 1. The Labute approximate surface area is 66.7 Å². The van der Waals surface area contributed by atoms with Crippen LogP contribution in [-0.2, 0) is 0 Å². The number of thiophene rings is 1. The zero-order valence-corrected chi connectivity index (χ0v) is 6.37. The molecule has 0 unspecified atom stereocenters. The van der Waals surface area contributed by atoms with Gasteiger partial charge in [0.25, 0.3) is 0 Å². The summed E-state index contributed by atoms with van der Waals surface area (Å²) in [5.74, 6) is 0. The van der Waals surface area contributed by atoms with Gasteiger partial charge in [-0.1, -0.05) is 11.6 Å². The van der Waals surface area contributed by atoms with Gasteiger partial charge in [0, 0.05) is 0 Å². The summed E-state index contributed by atoms with van der Waals surface area (Å²) >= 11 is 6.65. The molecule has 0 saturated heterocycles. The first-order chi connectivity index (χ1) is 4.77. The molecule has 1 rings (SSSR count). The van der Waals surface area contributed by atoms with Crippen LogP contribution in [0.2, 0.25) is 4.34 Å². The minimum Gasteiger partial charge on any atom is -0.297 e. The normalized spacial score (nSPS) is 8.80. The predicted molar refractivity (Wildman–Crippen MR) is 39.4 cm³/mol. The molecule has 2 nitrogen and oxygen atoms in total. The highest BCUT2D eigenvalue weighted by atomic mass is 35.5. The molecule has 0 aromatic carbocycles. The van der Waals surface area contributed by atoms with Crippen LogP contribution in [0.25, 0.3) is 0 Å². The largest absolute Gasteiger partial charge is 0.297 e. The van der Waals surface area contributed by atoms with Gasteiger partial charge in [0.15, 0.2) is 6.29 Å². The number of aldehydes is 1. The van der Waals surface area contributed by atoms with E-state index in [4.69, 9.17) is 16.9 Å². The quantitative estimate of drug-likeness (QED) is 0.607. The topological polar surface area (TPSA) is 40.9 Å². The summed E-state index contributed by atoms with van der Waals surface area (Å²) in [5, 5.41) is 8.40. The van der Waals surface area contributed by atoms with Crippen molar-refractivity contribution in [3.8, 4) is 6.07 Å². The van der Waals surface area contributed by atoms with Crippen LogP contribution in [0.4, 0.5) is 0 Å². The zero-order valence-electron chi connectivity index (χ0n) is 4.80. The fourth-order valence-corrected chi connectivity index (χ4v) is 1.56. The van der Waals surface area contributed by atoms with Crippen molar-refractivity contribution in [1.82, 2.24) is 0 Å². The number of nitrogens with zero attached hydrogens (tertiary/aromatic N) is 1. The highest BCUT2D eigenvalue weighted by Crippen LogP contribution is 2.24. The second-order valence-electron chi connectivity index (χ2n) is 1.56. The summed E-state index contributed by atoms with van der Waals surface area (Å²) in [7, 11) is 0. The molecule has 1 aromatic heterocycles. The third-order valence-corrected chi connectivity index (χ3v) is 2.15. The highest BCUT2D eigenvalue weighted by Gasteiger charge is 2.04. The predicted octanol–water partition coefficient (Wildman–Crippen LogP) is 2.09. The van der Waals surface area contributed by atoms with Crippen LogP contribution >= 0.6 is 22.9 Å². The summed E-state index contributed by atoms with van der Waals surface area (Å²) in [4.78, 5) is 10.6. The molecule has 0 fully saturated rings. The van der Waals surface area contributed by atoms with Crippen LogP contribution < -0.4 is 0 Å². The molecule has 0 saturated carbocycles. The number of carbonyl (C=O) groups excluding carboxylic acids is 1. The Morgan fingerprint density at radius 3 is 2.90 bits per heavy atom.